The third-order valence-corrected chi connectivity index (χ3v) is 3.52. The lowest BCUT2D eigenvalue weighted by molar-refractivity contribution is 0.115. The van der Waals surface area contributed by atoms with E-state index in [1.165, 1.54) is 6.54 Å². The second kappa shape index (κ2) is 6.64. The fourth-order valence-electron chi connectivity index (χ4n) is 2.51. The van der Waals surface area contributed by atoms with Gasteiger partial charge in [-0.25, -0.2) is 9.97 Å². The minimum Gasteiger partial charge on any atom is -0.301 e. The molecule has 106 valence electrons. The molecule has 5 heteroatoms. The van der Waals surface area contributed by atoms with Crippen LogP contribution in [0.2, 0.25) is 5.15 Å². The van der Waals surface area contributed by atoms with E-state index in [9.17, 15) is 0 Å². The second-order valence-electron chi connectivity index (χ2n) is 5.72. The van der Waals surface area contributed by atoms with Crippen molar-refractivity contribution in [3.8, 4) is 0 Å². The SMILES string of the molecule is Cc1cc(Cl)nc(CN2CCN(CC(C)C)CC2)n1. The summed E-state index contributed by atoms with van der Waals surface area (Å²) in [6.45, 7) is 12.9. The van der Waals surface area contributed by atoms with Crippen LogP contribution in [0, 0.1) is 12.8 Å². The van der Waals surface area contributed by atoms with Crippen LogP contribution in [0.3, 0.4) is 0 Å². The van der Waals surface area contributed by atoms with Crippen molar-refractivity contribution in [3.05, 3.63) is 22.7 Å². The van der Waals surface area contributed by atoms with Crippen molar-refractivity contribution in [2.45, 2.75) is 27.3 Å². The monoisotopic (exact) mass is 282 g/mol. The highest BCUT2D eigenvalue weighted by molar-refractivity contribution is 6.29. The first-order valence-electron chi connectivity index (χ1n) is 6.97. The largest absolute Gasteiger partial charge is 0.301 e. The summed E-state index contributed by atoms with van der Waals surface area (Å²) in [4.78, 5) is 13.7. The molecule has 1 aliphatic rings. The average Bonchev–Trinajstić information content (AvgIpc) is 2.29. The van der Waals surface area contributed by atoms with E-state index >= 15 is 0 Å². The highest BCUT2D eigenvalue weighted by Gasteiger charge is 2.18. The Morgan fingerprint density at radius 3 is 2.37 bits per heavy atom. The van der Waals surface area contributed by atoms with Gasteiger partial charge in [0.2, 0.25) is 0 Å². The molecule has 0 amide bonds. The molecule has 0 aromatic carbocycles. The van der Waals surface area contributed by atoms with Crippen LogP contribution < -0.4 is 0 Å². The van der Waals surface area contributed by atoms with Gasteiger partial charge < -0.3 is 4.90 Å². The summed E-state index contributed by atoms with van der Waals surface area (Å²) in [5.41, 5.74) is 0.938. The molecule has 0 N–H and O–H groups in total. The van der Waals surface area contributed by atoms with Crippen molar-refractivity contribution < 1.29 is 0 Å². The molecular weight excluding hydrogens is 260 g/mol. The molecular formula is C14H23ClN4. The molecule has 1 aliphatic heterocycles. The third kappa shape index (κ3) is 4.71. The number of piperazine rings is 1. The summed E-state index contributed by atoms with van der Waals surface area (Å²) in [5, 5.41) is 0.543. The molecule has 1 aromatic rings. The van der Waals surface area contributed by atoms with Crippen molar-refractivity contribution in [2.75, 3.05) is 32.7 Å². The van der Waals surface area contributed by atoms with E-state index in [1.807, 2.05) is 6.92 Å². The van der Waals surface area contributed by atoms with Gasteiger partial charge in [0.05, 0.1) is 6.54 Å². The number of aromatic nitrogens is 2. The average molecular weight is 283 g/mol. The molecule has 4 nitrogen and oxygen atoms in total. The zero-order valence-electron chi connectivity index (χ0n) is 12.1. The minimum atomic E-state index is 0.543. The fraction of sp³-hybridized carbons (Fsp3) is 0.714. The van der Waals surface area contributed by atoms with Gasteiger partial charge in [-0.2, -0.15) is 0 Å². The van der Waals surface area contributed by atoms with Gasteiger partial charge in [0, 0.05) is 38.4 Å². The summed E-state index contributed by atoms with van der Waals surface area (Å²) in [5.74, 6) is 1.58. The maximum absolute atomic E-state index is 5.97. The molecule has 0 radical (unpaired) electrons. The molecule has 0 bridgehead atoms. The van der Waals surface area contributed by atoms with Crippen molar-refractivity contribution in [2.24, 2.45) is 5.92 Å². The zero-order valence-corrected chi connectivity index (χ0v) is 12.8. The summed E-state index contributed by atoms with van der Waals surface area (Å²) < 4.78 is 0. The van der Waals surface area contributed by atoms with Gasteiger partial charge in [0.1, 0.15) is 11.0 Å². The van der Waals surface area contributed by atoms with Crippen molar-refractivity contribution in [3.63, 3.8) is 0 Å². The Morgan fingerprint density at radius 1 is 1.16 bits per heavy atom. The van der Waals surface area contributed by atoms with Gasteiger partial charge in [0.15, 0.2) is 0 Å². The topological polar surface area (TPSA) is 32.3 Å². The van der Waals surface area contributed by atoms with Crippen LogP contribution in [0.15, 0.2) is 6.07 Å². The molecule has 0 atom stereocenters. The van der Waals surface area contributed by atoms with E-state index < -0.39 is 0 Å². The van der Waals surface area contributed by atoms with Gasteiger partial charge in [0.25, 0.3) is 0 Å². The van der Waals surface area contributed by atoms with Crippen molar-refractivity contribution in [1.82, 2.24) is 19.8 Å². The Balaban J connectivity index is 1.85. The molecule has 0 unspecified atom stereocenters. The molecule has 0 spiro atoms. The Hall–Kier alpha value is -0.710. The lowest BCUT2D eigenvalue weighted by Crippen LogP contribution is -2.47. The zero-order chi connectivity index (χ0) is 13.8. The first-order chi connectivity index (χ1) is 9.02. The number of hydrogen-bond acceptors (Lipinski definition) is 4. The van der Waals surface area contributed by atoms with Crippen LogP contribution in [-0.4, -0.2) is 52.5 Å². The molecule has 0 aliphatic carbocycles. The van der Waals surface area contributed by atoms with Gasteiger partial charge in [-0.15, -0.1) is 0 Å². The van der Waals surface area contributed by atoms with E-state index in [0.29, 0.717) is 5.15 Å². The first-order valence-corrected chi connectivity index (χ1v) is 7.35. The molecule has 1 fully saturated rings. The van der Waals surface area contributed by atoms with Crippen LogP contribution in [0.25, 0.3) is 0 Å². The molecule has 1 saturated heterocycles. The second-order valence-corrected chi connectivity index (χ2v) is 6.11. The number of rotatable bonds is 4. The van der Waals surface area contributed by atoms with E-state index in [1.54, 1.807) is 6.07 Å². The normalized spacial score (nSPS) is 18.2. The van der Waals surface area contributed by atoms with Crippen LogP contribution in [0.4, 0.5) is 0 Å². The van der Waals surface area contributed by atoms with Crippen molar-refractivity contribution in [1.29, 1.82) is 0 Å². The van der Waals surface area contributed by atoms with E-state index in [0.717, 1.165) is 50.2 Å². The maximum atomic E-state index is 5.97. The molecule has 2 heterocycles. The van der Waals surface area contributed by atoms with Gasteiger partial charge >= 0.3 is 0 Å². The van der Waals surface area contributed by atoms with Crippen LogP contribution in [0.5, 0.6) is 0 Å². The number of nitrogens with zero attached hydrogens (tertiary/aromatic N) is 4. The van der Waals surface area contributed by atoms with Gasteiger partial charge in [-0.05, 0) is 18.9 Å². The number of halogens is 1. The molecule has 2 rings (SSSR count). The quantitative estimate of drug-likeness (QED) is 0.793. The van der Waals surface area contributed by atoms with E-state index in [-0.39, 0.29) is 0 Å². The Morgan fingerprint density at radius 2 is 1.79 bits per heavy atom. The summed E-state index contributed by atoms with van der Waals surface area (Å²) in [6.07, 6.45) is 0. The van der Waals surface area contributed by atoms with E-state index in [4.69, 9.17) is 11.6 Å². The number of hydrogen-bond donors (Lipinski definition) is 0. The predicted molar refractivity (Wildman–Crippen MR) is 78.3 cm³/mol. The Kier molecular flexibility index (Phi) is 5.13. The van der Waals surface area contributed by atoms with Crippen molar-refractivity contribution >= 4 is 11.6 Å². The summed E-state index contributed by atoms with van der Waals surface area (Å²) in [6, 6.07) is 1.80. The number of aryl methyl sites for hydroxylation is 1. The lowest BCUT2D eigenvalue weighted by Gasteiger charge is -2.35. The molecule has 19 heavy (non-hydrogen) atoms. The first kappa shape index (κ1) is 14.7. The predicted octanol–water partition coefficient (Wildman–Crippen LogP) is 2.21. The lowest BCUT2D eigenvalue weighted by atomic mass is 10.2. The standard InChI is InChI=1S/C14H23ClN4/c1-11(2)9-18-4-6-19(7-5-18)10-14-16-12(3)8-13(15)17-14/h8,11H,4-7,9-10H2,1-3H3. The van der Waals surface area contributed by atoms with Gasteiger partial charge in [-0.1, -0.05) is 25.4 Å². The Bertz CT molecular complexity index is 394. The fourth-order valence-corrected chi connectivity index (χ4v) is 2.76. The van der Waals surface area contributed by atoms with Gasteiger partial charge in [-0.3, -0.25) is 4.90 Å². The molecule has 0 saturated carbocycles. The highest BCUT2D eigenvalue weighted by atomic mass is 35.5. The van der Waals surface area contributed by atoms with Crippen LogP contribution >= 0.6 is 11.6 Å². The molecule has 1 aromatic heterocycles. The third-order valence-electron chi connectivity index (χ3n) is 3.32. The van der Waals surface area contributed by atoms with Crippen LogP contribution in [-0.2, 0) is 6.54 Å². The van der Waals surface area contributed by atoms with E-state index in [2.05, 4.69) is 33.6 Å². The minimum absolute atomic E-state index is 0.543. The summed E-state index contributed by atoms with van der Waals surface area (Å²) >= 11 is 5.97. The smallest absolute Gasteiger partial charge is 0.144 e. The summed E-state index contributed by atoms with van der Waals surface area (Å²) in [7, 11) is 0. The maximum Gasteiger partial charge on any atom is 0.144 e. The Labute approximate surface area is 120 Å². The highest BCUT2D eigenvalue weighted by Crippen LogP contribution is 2.11. The van der Waals surface area contributed by atoms with Crippen LogP contribution in [0.1, 0.15) is 25.4 Å².